The van der Waals surface area contributed by atoms with Crippen molar-refractivity contribution in [1.29, 1.82) is 5.26 Å². The first kappa shape index (κ1) is 21.3. The largest absolute Gasteiger partial charge is 0.310 e. The first-order chi connectivity index (χ1) is 13.7. The lowest BCUT2D eigenvalue weighted by Gasteiger charge is -2.34. The maximum atomic E-state index is 12.6. The zero-order chi connectivity index (χ0) is 21.2. The van der Waals surface area contributed by atoms with Gasteiger partial charge in [-0.1, -0.05) is 38.6 Å². The lowest BCUT2D eigenvalue weighted by molar-refractivity contribution is -0.115. The molecule has 152 valence electrons. The number of nitrogens with zero attached hydrogens (tertiary/aromatic N) is 3. The van der Waals surface area contributed by atoms with Gasteiger partial charge in [-0.2, -0.15) is 5.26 Å². The highest BCUT2D eigenvalue weighted by molar-refractivity contribution is 8.00. The Bertz CT molecular complexity index is 958. The number of nitrogens with one attached hydrogen (secondary N) is 1. The molecule has 2 atom stereocenters. The molecular formula is C23H28N4OS. The highest BCUT2D eigenvalue weighted by Crippen LogP contribution is 2.38. The highest BCUT2D eigenvalue weighted by atomic mass is 32.2. The van der Waals surface area contributed by atoms with Crippen LogP contribution >= 0.6 is 11.8 Å². The van der Waals surface area contributed by atoms with Gasteiger partial charge in [0.25, 0.3) is 0 Å². The number of fused-ring (bicyclic) bond motifs is 1. The number of amides is 1. The van der Waals surface area contributed by atoms with Gasteiger partial charge in [0.05, 0.1) is 10.8 Å². The topological polar surface area (TPSA) is 78.7 Å². The number of aryl methyl sites for hydroxylation is 2. The summed E-state index contributed by atoms with van der Waals surface area (Å²) in [5, 5.41) is 12.8. The van der Waals surface area contributed by atoms with Crippen molar-refractivity contribution >= 4 is 23.5 Å². The monoisotopic (exact) mass is 408 g/mol. The number of hydrogen-bond donors (Lipinski definition) is 1. The predicted molar refractivity (Wildman–Crippen MR) is 117 cm³/mol. The second-order valence-corrected chi connectivity index (χ2v) is 10.1. The molecule has 3 rings (SSSR count). The van der Waals surface area contributed by atoms with Crippen LogP contribution in [0.1, 0.15) is 56.5 Å². The Hall–Kier alpha value is -2.39. The molecule has 0 aliphatic heterocycles. The third kappa shape index (κ3) is 4.97. The van der Waals surface area contributed by atoms with Gasteiger partial charge in [-0.15, -0.1) is 0 Å². The van der Waals surface area contributed by atoms with Gasteiger partial charge in [-0.25, -0.2) is 9.97 Å². The van der Waals surface area contributed by atoms with Crippen LogP contribution in [0.2, 0.25) is 0 Å². The predicted octanol–water partition coefficient (Wildman–Crippen LogP) is 4.93. The zero-order valence-corrected chi connectivity index (χ0v) is 18.6. The lowest BCUT2D eigenvalue weighted by Crippen LogP contribution is -2.28. The summed E-state index contributed by atoms with van der Waals surface area (Å²) in [6.07, 6.45) is 4.64. The van der Waals surface area contributed by atoms with Crippen molar-refractivity contribution in [1.82, 2.24) is 9.97 Å². The number of carbonyl (C=O) groups excluding carboxylic acids is 1. The van der Waals surface area contributed by atoms with Gasteiger partial charge in [0, 0.05) is 11.9 Å². The molecule has 29 heavy (non-hydrogen) atoms. The third-order valence-electron chi connectivity index (χ3n) is 5.61. The summed E-state index contributed by atoms with van der Waals surface area (Å²) in [6.45, 7) is 10.6. The van der Waals surface area contributed by atoms with Gasteiger partial charge in [-0.05, 0) is 67.7 Å². The molecule has 0 fully saturated rings. The molecule has 0 bridgehead atoms. The lowest BCUT2D eigenvalue weighted by atomic mass is 9.71. The zero-order valence-electron chi connectivity index (χ0n) is 17.7. The Morgan fingerprint density at radius 1 is 1.41 bits per heavy atom. The summed E-state index contributed by atoms with van der Waals surface area (Å²) in [5.41, 5.74) is 3.96. The van der Waals surface area contributed by atoms with Crippen LogP contribution in [-0.2, 0) is 17.6 Å². The molecule has 2 unspecified atom stereocenters. The smallest absolute Gasteiger partial charge is 0.238 e. The van der Waals surface area contributed by atoms with Crippen molar-refractivity contribution in [3.8, 4) is 6.07 Å². The number of hydrogen-bond acceptors (Lipinski definition) is 5. The summed E-state index contributed by atoms with van der Waals surface area (Å²) >= 11 is 1.33. The standard InChI is InChI=1S/C23H28N4OS/c1-14-7-6-10-25-20(14)27-21(28)15(2)29-22-17(13-24)11-16-12-18(23(3,4)5)8-9-19(16)26-22/h6-7,10-11,15,18H,8-9,12H2,1-5H3,(H,25,27,28). The second-order valence-electron chi connectivity index (χ2n) is 8.78. The minimum Gasteiger partial charge on any atom is -0.310 e. The van der Waals surface area contributed by atoms with E-state index in [9.17, 15) is 10.1 Å². The third-order valence-corrected chi connectivity index (χ3v) is 6.71. The first-order valence-electron chi connectivity index (χ1n) is 10.0. The Labute approximate surface area is 177 Å². The fourth-order valence-corrected chi connectivity index (χ4v) is 4.51. The van der Waals surface area contributed by atoms with E-state index in [0.29, 0.717) is 22.3 Å². The van der Waals surface area contributed by atoms with Crippen molar-refractivity contribution in [3.05, 3.63) is 46.8 Å². The van der Waals surface area contributed by atoms with E-state index >= 15 is 0 Å². The van der Waals surface area contributed by atoms with Crippen molar-refractivity contribution in [2.24, 2.45) is 11.3 Å². The van der Waals surface area contributed by atoms with Gasteiger partial charge in [0.2, 0.25) is 5.91 Å². The molecular weight excluding hydrogens is 380 g/mol. The fourth-order valence-electron chi connectivity index (χ4n) is 3.61. The van der Waals surface area contributed by atoms with E-state index in [1.54, 1.807) is 6.20 Å². The molecule has 0 radical (unpaired) electrons. The highest BCUT2D eigenvalue weighted by Gasteiger charge is 2.30. The number of thioether (sulfide) groups is 1. The SMILES string of the molecule is Cc1cccnc1NC(=O)C(C)Sc1nc2c(cc1C#N)CC(C(C)(C)C)CC2. The number of rotatable bonds is 4. The number of pyridine rings is 2. The van der Waals surface area contributed by atoms with Gasteiger partial charge < -0.3 is 5.32 Å². The Morgan fingerprint density at radius 3 is 2.83 bits per heavy atom. The van der Waals surface area contributed by atoms with Crippen LogP contribution < -0.4 is 5.32 Å². The van der Waals surface area contributed by atoms with Gasteiger partial charge in [0.15, 0.2) is 0 Å². The number of anilines is 1. The quantitative estimate of drug-likeness (QED) is 0.726. The molecule has 1 aliphatic rings. The van der Waals surface area contributed by atoms with Crippen LogP contribution in [-0.4, -0.2) is 21.1 Å². The molecule has 2 heterocycles. The van der Waals surface area contributed by atoms with Crippen LogP contribution in [0.25, 0.3) is 0 Å². The van der Waals surface area contributed by atoms with Gasteiger partial charge >= 0.3 is 0 Å². The first-order valence-corrected chi connectivity index (χ1v) is 10.9. The minimum absolute atomic E-state index is 0.145. The second kappa shape index (κ2) is 8.54. The molecule has 5 nitrogen and oxygen atoms in total. The van der Waals surface area contributed by atoms with Crippen molar-refractivity contribution in [2.75, 3.05) is 5.32 Å². The minimum atomic E-state index is -0.389. The maximum absolute atomic E-state index is 12.6. The van der Waals surface area contributed by atoms with Crippen LogP contribution in [0.4, 0.5) is 5.82 Å². The van der Waals surface area contributed by atoms with Gasteiger partial charge in [0.1, 0.15) is 16.9 Å². The van der Waals surface area contributed by atoms with E-state index in [2.05, 4.69) is 37.1 Å². The van der Waals surface area contributed by atoms with Gasteiger partial charge in [-0.3, -0.25) is 4.79 Å². The van der Waals surface area contributed by atoms with E-state index < -0.39 is 0 Å². The van der Waals surface area contributed by atoms with Crippen molar-refractivity contribution in [2.45, 2.75) is 64.2 Å². The number of carbonyl (C=O) groups is 1. The summed E-state index contributed by atoms with van der Waals surface area (Å²) < 4.78 is 0. The van der Waals surface area contributed by atoms with E-state index in [0.717, 1.165) is 30.5 Å². The van der Waals surface area contributed by atoms with Crippen LogP contribution in [0.5, 0.6) is 0 Å². The average Bonchev–Trinajstić information content (AvgIpc) is 2.68. The van der Waals surface area contributed by atoms with E-state index in [1.165, 1.54) is 17.3 Å². The van der Waals surface area contributed by atoms with Crippen molar-refractivity contribution in [3.63, 3.8) is 0 Å². The summed E-state index contributed by atoms with van der Waals surface area (Å²) in [7, 11) is 0. The maximum Gasteiger partial charge on any atom is 0.238 e. The number of nitriles is 1. The molecule has 1 aliphatic carbocycles. The molecule has 2 aromatic rings. The van der Waals surface area contributed by atoms with E-state index in [-0.39, 0.29) is 16.6 Å². The molecule has 6 heteroatoms. The van der Waals surface area contributed by atoms with Crippen LogP contribution in [0.15, 0.2) is 29.4 Å². The Morgan fingerprint density at radius 2 is 2.17 bits per heavy atom. The van der Waals surface area contributed by atoms with Crippen molar-refractivity contribution < 1.29 is 4.79 Å². The summed E-state index contributed by atoms with van der Waals surface area (Å²) in [4.78, 5) is 21.6. The van der Waals surface area contributed by atoms with Crippen LogP contribution in [0.3, 0.4) is 0 Å². The number of aromatic nitrogens is 2. The van der Waals surface area contributed by atoms with E-state index in [4.69, 9.17) is 4.98 Å². The van der Waals surface area contributed by atoms with Crippen LogP contribution in [0, 0.1) is 29.6 Å². The van der Waals surface area contributed by atoms with E-state index in [1.807, 2.05) is 32.0 Å². The average molecular weight is 409 g/mol. The molecule has 1 amide bonds. The normalized spacial score (nSPS) is 17.2. The Balaban J connectivity index is 1.77. The molecule has 1 N–H and O–H groups in total. The summed E-state index contributed by atoms with van der Waals surface area (Å²) in [6, 6.07) is 8.00. The summed E-state index contributed by atoms with van der Waals surface area (Å²) in [5.74, 6) is 1.01. The fraction of sp³-hybridized carbons (Fsp3) is 0.478. The molecule has 0 aromatic carbocycles. The molecule has 0 saturated heterocycles. The molecule has 0 saturated carbocycles. The molecule has 2 aromatic heterocycles. The molecule has 0 spiro atoms. The Kier molecular flexibility index (Phi) is 6.28.